The van der Waals surface area contributed by atoms with E-state index < -0.39 is 17.5 Å². The van der Waals surface area contributed by atoms with Gasteiger partial charge >= 0.3 is 0 Å². The minimum atomic E-state index is -1.14. The zero-order valence-corrected chi connectivity index (χ0v) is 11.4. The Kier molecular flexibility index (Phi) is 4.27. The van der Waals surface area contributed by atoms with E-state index >= 15 is 0 Å². The van der Waals surface area contributed by atoms with Crippen molar-refractivity contribution in [2.24, 2.45) is 0 Å². The summed E-state index contributed by atoms with van der Waals surface area (Å²) < 4.78 is 26.6. The molecule has 2 aromatic rings. The van der Waals surface area contributed by atoms with Crippen molar-refractivity contribution in [1.29, 1.82) is 0 Å². The molecule has 0 atom stereocenters. The van der Waals surface area contributed by atoms with E-state index in [0.717, 1.165) is 11.6 Å². The highest BCUT2D eigenvalue weighted by molar-refractivity contribution is 9.08. The van der Waals surface area contributed by atoms with Crippen LogP contribution in [-0.4, -0.2) is 5.91 Å². The van der Waals surface area contributed by atoms with Crippen LogP contribution in [0.1, 0.15) is 15.9 Å². The molecular formula is C14H10BrF2NO. The molecule has 0 aliphatic heterocycles. The average molecular weight is 326 g/mol. The maximum atomic E-state index is 13.5. The lowest BCUT2D eigenvalue weighted by atomic mass is 10.1. The first-order chi connectivity index (χ1) is 9.13. The van der Waals surface area contributed by atoms with Crippen molar-refractivity contribution < 1.29 is 13.6 Å². The number of alkyl halides is 1. The van der Waals surface area contributed by atoms with Gasteiger partial charge < -0.3 is 5.32 Å². The first kappa shape index (κ1) is 13.7. The van der Waals surface area contributed by atoms with Gasteiger partial charge in [-0.2, -0.15) is 0 Å². The Morgan fingerprint density at radius 3 is 2.58 bits per heavy atom. The summed E-state index contributed by atoms with van der Waals surface area (Å²) in [5.41, 5.74) is 1.10. The van der Waals surface area contributed by atoms with Crippen LogP contribution in [0.4, 0.5) is 14.5 Å². The largest absolute Gasteiger partial charge is 0.322 e. The zero-order valence-electron chi connectivity index (χ0n) is 9.79. The Bertz CT molecular complexity index is 616. The minimum absolute atomic E-state index is 0.315. The van der Waals surface area contributed by atoms with E-state index in [-0.39, 0.29) is 5.56 Å². The van der Waals surface area contributed by atoms with Crippen molar-refractivity contribution in [2.45, 2.75) is 5.33 Å². The molecule has 1 amide bonds. The van der Waals surface area contributed by atoms with Crippen molar-refractivity contribution in [2.75, 3.05) is 5.32 Å². The highest BCUT2D eigenvalue weighted by Crippen LogP contribution is 2.20. The molecule has 1 N–H and O–H groups in total. The van der Waals surface area contributed by atoms with Gasteiger partial charge in [-0.15, -0.1) is 0 Å². The van der Waals surface area contributed by atoms with Gasteiger partial charge in [-0.3, -0.25) is 4.79 Å². The molecule has 0 saturated carbocycles. The van der Waals surface area contributed by atoms with Crippen LogP contribution in [-0.2, 0) is 5.33 Å². The smallest absolute Gasteiger partial charge is 0.258 e. The van der Waals surface area contributed by atoms with Crippen molar-refractivity contribution in [3.05, 3.63) is 65.2 Å². The van der Waals surface area contributed by atoms with Crippen LogP contribution >= 0.6 is 15.9 Å². The number of halogens is 3. The number of carbonyl (C=O) groups is 1. The summed E-state index contributed by atoms with van der Waals surface area (Å²) in [6, 6.07) is 10.6. The van der Waals surface area contributed by atoms with Crippen LogP contribution in [0.3, 0.4) is 0 Å². The number of rotatable bonds is 3. The minimum Gasteiger partial charge on any atom is -0.322 e. The Morgan fingerprint density at radius 1 is 1.11 bits per heavy atom. The van der Waals surface area contributed by atoms with E-state index in [1.54, 1.807) is 12.1 Å². The lowest BCUT2D eigenvalue weighted by Gasteiger charge is -2.09. The van der Waals surface area contributed by atoms with Crippen molar-refractivity contribution in [1.82, 2.24) is 0 Å². The molecule has 0 fully saturated rings. The van der Waals surface area contributed by atoms with Crippen LogP contribution in [0.2, 0.25) is 0 Å². The topological polar surface area (TPSA) is 29.1 Å². The second-order valence-electron chi connectivity index (χ2n) is 3.85. The van der Waals surface area contributed by atoms with Crippen LogP contribution in [0, 0.1) is 11.6 Å². The van der Waals surface area contributed by atoms with E-state index in [2.05, 4.69) is 21.2 Å². The van der Waals surface area contributed by atoms with Crippen LogP contribution in [0.15, 0.2) is 42.5 Å². The number of nitrogens with one attached hydrogen (secondary N) is 1. The van der Waals surface area contributed by atoms with Gasteiger partial charge in [0.1, 0.15) is 0 Å². The quantitative estimate of drug-likeness (QED) is 0.845. The van der Waals surface area contributed by atoms with Gasteiger partial charge in [0.2, 0.25) is 0 Å². The third-order valence-corrected chi connectivity index (χ3v) is 3.21. The Balaban J connectivity index is 2.28. The summed E-state index contributed by atoms with van der Waals surface area (Å²) in [6.45, 7) is 0. The summed E-state index contributed by atoms with van der Waals surface area (Å²) in [5, 5.41) is 3.12. The van der Waals surface area contributed by atoms with Crippen molar-refractivity contribution >= 4 is 27.5 Å². The molecule has 2 rings (SSSR count). The number of carbonyl (C=O) groups excluding carboxylic acids is 1. The Morgan fingerprint density at radius 2 is 1.84 bits per heavy atom. The molecule has 0 aliphatic rings. The SMILES string of the molecule is O=C(Nc1ccccc1CBr)c1cccc(F)c1F. The fourth-order valence-corrected chi connectivity index (χ4v) is 2.12. The van der Waals surface area contributed by atoms with Crippen molar-refractivity contribution in [3.63, 3.8) is 0 Å². The third kappa shape index (κ3) is 2.98. The van der Waals surface area contributed by atoms with Crippen LogP contribution in [0.25, 0.3) is 0 Å². The first-order valence-electron chi connectivity index (χ1n) is 5.52. The molecule has 0 saturated heterocycles. The van der Waals surface area contributed by atoms with E-state index in [1.807, 2.05) is 12.1 Å². The highest BCUT2D eigenvalue weighted by Gasteiger charge is 2.15. The van der Waals surface area contributed by atoms with Gasteiger partial charge in [0.05, 0.1) is 5.56 Å². The molecule has 0 spiro atoms. The van der Waals surface area contributed by atoms with Gasteiger partial charge in [-0.05, 0) is 23.8 Å². The van der Waals surface area contributed by atoms with E-state index in [9.17, 15) is 13.6 Å². The van der Waals surface area contributed by atoms with Gasteiger partial charge in [0, 0.05) is 11.0 Å². The maximum Gasteiger partial charge on any atom is 0.258 e. The molecule has 0 bridgehead atoms. The number of amides is 1. The van der Waals surface area contributed by atoms with Gasteiger partial charge in [-0.1, -0.05) is 40.2 Å². The first-order valence-corrected chi connectivity index (χ1v) is 6.65. The fourth-order valence-electron chi connectivity index (χ4n) is 1.63. The molecule has 19 heavy (non-hydrogen) atoms. The predicted octanol–water partition coefficient (Wildman–Crippen LogP) is 4.11. The molecular weight excluding hydrogens is 316 g/mol. The number of hydrogen-bond acceptors (Lipinski definition) is 1. The summed E-state index contributed by atoms with van der Waals surface area (Å²) in [5.74, 6) is -2.86. The molecule has 98 valence electrons. The fraction of sp³-hybridized carbons (Fsp3) is 0.0714. The van der Waals surface area contributed by atoms with Gasteiger partial charge in [0.15, 0.2) is 11.6 Å². The molecule has 0 radical (unpaired) electrons. The van der Waals surface area contributed by atoms with Gasteiger partial charge in [0.25, 0.3) is 5.91 Å². The van der Waals surface area contributed by atoms with E-state index in [0.29, 0.717) is 11.0 Å². The number of benzene rings is 2. The normalized spacial score (nSPS) is 10.3. The average Bonchev–Trinajstić information content (AvgIpc) is 2.42. The standard InChI is InChI=1S/C14H10BrF2NO/c15-8-9-4-1-2-7-12(9)18-14(19)10-5-3-6-11(16)13(10)17/h1-7H,8H2,(H,18,19). The van der Waals surface area contributed by atoms with Gasteiger partial charge in [-0.25, -0.2) is 8.78 Å². The van der Waals surface area contributed by atoms with Crippen LogP contribution < -0.4 is 5.32 Å². The lowest BCUT2D eigenvalue weighted by Crippen LogP contribution is -2.15. The number of hydrogen-bond donors (Lipinski definition) is 1. The second-order valence-corrected chi connectivity index (χ2v) is 4.41. The molecule has 0 heterocycles. The second kappa shape index (κ2) is 5.93. The van der Waals surface area contributed by atoms with Crippen molar-refractivity contribution in [3.8, 4) is 0 Å². The Hall–Kier alpha value is -1.75. The van der Waals surface area contributed by atoms with Crippen LogP contribution in [0.5, 0.6) is 0 Å². The van der Waals surface area contributed by atoms with E-state index in [4.69, 9.17) is 0 Å². The summed E-state index contributed by atoms with van der Waals surface area (Å²) >= 11 is 3.30. The molecule has 0 unspecified atom stereocenters. The third-order valence-electron chi connectivity index (χ3n) is 2.61. The summed E-state index contributed by atoms with van der Waals surface area (Å²) in [7, 11) is 0. The molecule has 5 heteroatoms. The highest BCUT2D eigenvalue weighted by atomic mass is 79.9. The number of anilines is 1. The monoisotopic (exact) mass is 325 g/mol. The summed E-state index contributed by atoms with van der Waals surface area (Å²) in [4.78, 5) is 11.9. The lowest BCUT2D eigenvalue weighted by molar-refractivity contribution is 0.102. The Labute approximate surface area is 117 Å². The molecule has 2 nitrogen and oxygen atoms in total. The predicted molar refractivity (Wildman–Crippen MR) is 73.4 cm³/mol. The van der Waals surface area contributed by atoms with E-state index in [1.165, 1.54) is 12.1 Å². The zero-order chi connectivity index (χ0) is 13.8. The maximum absolute atomic E-state index is 13.5. The molecule has 0 aromatic heterocycles. The number of para-hydroxylation sites is 1. The molecule has 0 aliphatic carbocycles. The summed E-state index contributed by atoms with van der Waals surface area (Å²) in [6.07, 6.45) is 0. The molecule has 2 aromatic carbocycles.